The molecule has 0 atom stereocenters. The highest BCUT2D eigenvalue weighted by Crippen LogP contribution is 2.43. The van der Waals surface area contributed by atoms with Gasteiger partial charge in [0.25, 0.3) is 0 Å². The fourth-order valence-corrected chi connectivity index (χ4v) is 2.98. The molecule has 1 aromatic rings. The lowest BCUT2D eigenvalue weighted by molar-refractivity contribution is 0.469. The quantitative estimate of drug-likeness (QED) is 0.865. The van der Waals surface area contributed by atoms with Crippen LogP contribution in [0.3, 0.4) is 0 Å². The first-order valence-electron chi connectivity index (χ1n) is 4.89. The molecule has 0 spiro atoms. The predicted octanol–water partition coefficient (Wildman–Crippen LogP) is 2.34. The standard InChI is InChI=1S/C10H15BrN2S/c11-9-2-1-8(14-9)5-13-7-10(6-12)3-4-10/h1-2,13H,3-7,12H2. The zero-order valence-electron chi connectivity index (χ0n) is 8.05. The third-order valence-corrected chi connectivity index (χ3v) is 4.44. The molecule has 0 unspecified atom stereocenters. The average Bonchev–Trinajstić information content (AvgIpc) is 2.84. The van der Waals surface area contributed by atoms with Gasteiger partial charge in [-0.05, 0) is 52.9 Å². The van der Waals surface area contributed by atoms with E-state index in [9.17, 15) is 0 Å². The van der Waals surface area contributed by atoms with Crippen molar-refractivity contribution in [2.75, 3.05) is 13.1 Å². The van der Waals surface area contributed by atoms with Crippen molar-refractivity contribution in [3.8, 4) is 0 Å². The summed E-state index contributed by atoms with van der Waals surface area (Å²) in [6.45, 7) is 2.87. The lowest BCUT2D eigenvalue weighted by atomic mass is 10.1. The zero-order valence-corrected chi connectivity index (χ0v) is 10.5. The molecule has 0 bridgehead atoms. The maximum Gasteiger partial charge on any atom is 0.0701 e. The van der Waals surface area contributed by atoms with Gasteiger partial charge in [-0.15, -0.1) is 11.3 Å². The molecule has 1 heterocycles. The molecule has 1 fully saturated rings. The maximum atomic E-state index is 5.71. The van der Waals surface area contributed by atoms with E-state index in [1.54, 1.807) is 11.3 Å². The second kappa shape index (κ2) is 4.31. The van der Waals surface area contributed by atoms with Crippen molar-refractivity contribution in [1.29, 1.82) is 0 Å². The topological polar surface area (TPSA) is 38.0 Å². The molecule has 1 aliphatic carbocycles. The van der Waals surface area contributed by atoms with Gasteiger partial charge in [-0.3, -0.25) is 0 Å². The third-order valence-electron chi connectivity index (χ3n) is 2.82. The van der Waals surface area contributed by atoms with Crippen molar-refractivity contribution in [2.45, 2.75) is 19.4 Å². The highest BCUT2D eigenvalue weighted by molar-refractivity contribution is 9.11. The van der Waals surface area contributed by atoms with Crippen LogP contribution in [0.2, 0.25) is 0 Å². The molecule has 14 heavy (non-hydrogen) atoms. The Morgan fingerprint density at radius 1 is 1.50 bits per heavy atom. The van der Waals surface area contributed by atoms with Crippen LogP contribution in [-0.2, 0) is 6.54 Å². The molecule has 2 nitrogen and oxygen atoms in total. The molecular formula is C10H15BrN2S. The van der Waals surface area contributed by atoms with Crippen LogP contribution in [-0.4, -0.2) is 13.1 Å². The SMILES string of the molecule is NCC1(CNCc2ccc(Br)s2)CC1. The van der Waals surface area contributed by atoms with E-state index in [1.165, 1.54) is 21.5 Å². The normalized spacial score (nSPS) is 18.4. The fraction of sp³-hybridized carbons (Fsp3) is 0.600. The minimum absolute atomic E-state index is 0.439. The Balaban J connectivity index is 1.73. The number of hydrogen-bond donors (Lipinski definition) is 2. The summed E-state index contributed by atoms with van der Waals surface area (Å²) in [6.07, 6.45) is 2.59. The van der Waals surface area contributed by atoms with Crippen molar-refractivity contribution in [2.24, 2.45) is 11.1 Å². The smallest absolute Gasteiger partial charge is 0.0701 e. The third kappa shape index (κ3) is 2.57. The number of rotatable bonds is 5. The van der Waals surface area contributed by atoms with Crippen LogP contribution < -0.4 is 11.1 Å². The van der Waals surface area contributed by atoms with E-state index < -0.39 is 0 Å². The molecule has 1 aliphatic rings. The minimum atomic E-state index is 0.439. The van der Waals surface area contributed by atoms with Crippen LogP contribution in [0.5, 0.6) is 0 Å². The molecule has 0 amide bonds. The van der Waals surface area contributed by atoms with Crippen LogP contribution >= 0.6 is 27.3 Å². The molecular weight excluding hydrogens is 260 g/mol. The van der Waals surface area contributed by atoms with Gasteiger partial charge in [0.1, 0.15) is 0 Å². The summed E-state index contributed by atoms with van der Waals surface area (Å²) in [6, 6.07) is 4.25. The molecule has 0 aliphatic heterocycles. The lowest BCUT2D eigenvalue weighted by Crippen LogP contribution is -2.29. The summed E-state index contributed by atoms with van der Waals surface area (Å²) >= 11 is 5.25. The van der Waals surface area contributed by atoms with Gasteiger partial charge in [0.05, 0.1) is 3.79 Å². The van der Waals surface area contributed by atoms with Gasteiger partial charge in [0, 0.05) is 18.0 Å². The van der Waals surface area contributed by atoms with Gasteiger partial charge >= 0.3 is 0 Å². The van der Waals surface area contributed by atoms with E-state index in [-0.39, 0.29) is 0 Å². The van der Waals surface area contributed by atoms with E-state index in [1.807, 2.05) is 0 Å². The van der Waals surface area contributed by atoms with Crippen molar-refractivity contribution in [1.82, 2.24) is 5.32 Å². The number of thiophene rings is 1. The molecule has 78 valence electrons. The summed E-state index contributed by atoms with van der Waals surface area (Å²) < 4.78 is 1.20. The highest BCUT2D eigenvalue weighted by Gasteiger charge is 2.40. The van der Waals surface area contributed by atoms with Crippen LogP contribution in [0.25, 0.3) is 0 Å². The Labute approximate surface area is 97.0 Å². The van der Waals surface area contributed by atoms with E-state index in [2.05, 4.69) is 33.4 Å². The maximum absolute atomic E-state index is 5.71. The Bertz CT molecular complexity index is 307. The molecule has 1 saturated carbocycles. The number of hydrogen-bond acceptors (Lipinski definition) is 3. The van der Waals surface area contributed by atoms with Crippen molar-refractivity contribution < 1.29 is 0 Å². The Morgan fingerprint density at radius 3 is 2.79 bits per heavy atom. The Morgan fingerprint density at radius 2 is 2.29 bits per heavy atom. The molecule has 2 rings (SSSR count). The average molecular weight is 275 g/mol. The molecule has 0 aromatic carbocycles. The second-order valence-corrected chi connectivity index (χ2v) is 6.56. The molecule has 0 radical (unpaired) electrons. The largest absolute Gasteiger partial charge is 0.330 e. The first-order chi connectivity index (χ1) is 6.74. The van der Waals surface area contributed by atoms with Gasteiger partial charge in [0.15, 0.2) is 0 Å². The van der Waals surface area contributed by atoms with Crippen LogP contribution in [0, 0.1) is 5.41 Å². The molecule has 1 aromatic heterocycles. The summed E-state index contributed by atoms with van der Waals surface area (Å²) in [7, 11) is 0. The summed E-state index contributed by atoms with van der Waals surface area (Å²) in [5.41, 5.74) is 6.15. The highest BCUT2D eigenvalue weighted by atomic mass is 79.9. The molecule has 3 N–H and O–H groups in total. The van der Waals surface area contributed by atoms with Gasteiger partial charge in [-0.1, -0.05) is 0 Å². The van der Waals surface area contributed by atoms with E-state index >= 15 is 0 Å². The zero-order chi connectivity index (χ0) is 10.0. The predicted molar refractivity (Wildman–Crippen MR) is 64.4 cm³/mol. The minimum Gasteiger partial charge on any atom is -0.330 e. The first kappa shape index (κ1) is 10.6. The number of halogens is 1. The van der Waals surface area contributed by atoms with E-state index in [0.29, 0.717) is 5.41 Å². The molecule has 4 heteroatoms. The Hall–Kier alpha value is 0.1000. The van der Waals surface area contributed by atoms with Gasteiger partial charge in [-0.25, -0.2) is 0 Å². The van der Waals surface area contributed by atoms with Crippen molar-refractivity contribution in [3.05, 3.63) is 20.8 Å². The lowest BCUT2D eigenvalue weighted by Gasteiger charge is -2.12. The van der Waals surface area contributed by atoms with Gasteiger partial charge in [0.2, 0.25) is 0 Å². The molecule has 0 saturated heterocycles. The van der Waals surface area contributed by atoms with Gasteiger partial charge in [-0.2, -0.15) is 0 Å². The van der Waals surface area contributed by atoms with Crippen LogP contribution in [0.1, 0.15) is 17.7 Å². The van der Waals surface area contributed by atoms with Crippen molar-refractivity contribution >= 4 is 27.3 Å². The van der Waals surface area contributed by atoms with E-state index in [0.717, 1.165) is 19.6 Å². The van der Waals surface area contributed by atoms with Crippen LogP contribution in [0.4, 0.5) is 0 Å². The first-order valence-corrected chi connectivity index (χ1v) is 6.50. The van der Waals surface area contributed by atoms with Crippen LogP contribution in [0.15, 0.2) is 15.9 Å². The van der Waals surface area contributed by atoms with Gasteiger partial charge < -0.3 is 11.1 Å². The Kier molecular flexibility index (Phi) is 3.27. The fourth-order valence-electron chi connectivity index (χ4n) is 1.53. The number of nitrogens with two attached hydrogens (primary N) is 1. The summed E-state index contributed by atoms with van der Waals surface area (Å²) in [4.78, 5) is 1.38. The second-order valence-electron chi connectivity index (χ2n) is 4.01. The van der Waals surface area contributed by atoms with Crippen molar-refractivity contribution in [3.63, 3.8) is 0 Å². The number of nitrogens with one attached hydrogen (secondary N) is 1. The summed E-state index contributed by atoms with van der Waals surface area (Å²) in [5, 5.41) is 3.48. The van der Waals surface area contributed by atoms with E-state index in [4.69, 9.17) is 5.73 Å². The summed E-state index contributed by atoms with van der Waals surface area (Å²) in [5.74, 6) is 0. The monoisotopic (exact) mass is 274 g/mol.